The molecule has 2 aliphatic rings. The van der Waals surface area contributed by atoms with Gasteiger partial charge in [0.15, 0.2) is 11.6 Å². The minimum Gasteiger partial charge on any atom is -0.495 e. The molecule has 0 aromatic heterocycles. The molecule has 29 heavy (non-hydrogen) atoms. The van der Waals surface area contributed by atoms with E-state index < -0.39 is 5.82 Å². The minimum absolute atomic E-state index is 0.0850. The van der Waals surface area contributed by atoms with Crippen molar-refractivity contribution in [2.45, 2.75) is 24.9 Å². The van der Waals surface area contributed by atoms with Gasteiger partial charge in [0.2, 0.25) is 0 Å². The first-order chi connectivity index (χ1) is 14.0. The van der Waals surface area contributed by atoms with Crippen molar-refractivity contribution < 1.29 is 18.7 Å². The molecule has 1 unspecified atom stereocenters. The monoisotopic (exact) mass is 418 g/mol. The van der Waals surface area contributed by atoms with Crippen LogP contribution in [0.3, 0.4) is 0 Å². The van der Waals surface area contributed by atoms with Crippen LogP contribution in [0.15, 0.2) is 36.4 Å². The molecule has 0 spiro atoms. The number of piperazine rings is 1. The fourth-order valence-electron chi connectivity index (χ4n) is 4.42. The van der Waals surface area contributed by atoms with Crippen molar-refractivity contribution in [3.8, 4) is 11.5 Å². The number of ketones is 1. The van der Waals surface area contributed by atoms with Crippen LogP contribution in [0.5, 0.6) is 11.5 Å². The van der Waals surface area contributed by atoms with E-state index in [1.54, 1.807) is 13.2 Å². The number of benzene rings is 2. The lowest BCUT2D eigenvalue weighted by Gasteiger charge is -2.48. The molecule has 2 heterocycles. The largest absolute Gasteiger partial charge is 0.495 e. The Bertz CT molecular complexity index is 923. The van der Waals surface area contributed by atoms with Gasteiger partial charge in [-0.2, -0.15) is 0 Å². The molecule has 7 heteroatoms. The summed E-state index contributed by atoms with van der Waals surface area (Å²) in [6.07, 6.45) is 0.924. The van der Waals surface area contributed by atoms with Crippen molar-refractivity contribution in [3.63, 3.8) is 0 Å². The fourth-order valence-corrected chi connectivity index (χ4v) is 4.61. The summed E-state index contributed by atoms with van der Waals surface area (Å²) in [5.74, 6) is 0.668. The van der Waals surface area contributed by atoms with Gasteiger partial charge in [-0.1, -0.05) is 17.7 Å². The number of carbonyl (C=O) groups is 1. The maximum atomic E-state index is 14.3. The van der Waals surface area contributed by atoms with Gasteiger partial charge in [-0.15, -0.1) is 0 Å². The summed E-state index contributed by atoms with van der Waals surface area (Å²) in [4.78, 5) is 17.1. The van der Waals surface area contributed by atoms with Crippen LogP contribution >= 0.6 is 11.6 Å². The Labute approximate surface area is 175 Å². The SMILES string of the molecule is COc1ccc(C2CC(=O)C[C@@H]3CN(c4ccc(Cl)c(OC)c4)CCN23)cc1F. The topological polar surface area (TPSA) is 42.0 Å². The van der Waals surface area contributed by atoms with E-state index >= 15 is 0 Å². The number of carbonyl (C=O) groups excluding carboxylic acids is 1. The zero-order valence-electron chi connectivity index (χ0n) is 16.5. The van der Waals surface area contributed by atoms with E-state index in [2.05, 4.69) is 9.80 Å². The Balaban J connectivity index is 1.56. The molecule has 0 amide bonds. The van der Waals surface area contributed by atoms with Crippen LogP contribution < -0.4 is 14.4 Å². The molecule has 2 fully saturated rings. The smallest absolute Gasteiger partial charge is 0.165 e. The van der Waals surface area contributed by atoms with Crippen LogP contribution in [0.25, 0.3) is 0 Å². The van der Waals surface area contributed by atoms with Crippen molar-refractivity contribution in [2.24, 2.45) is 0 Å². The predicted octanol–water partition coefficient (Wildman–Crippen LogP) is 4.09. The van der Waals surface area contributed by atoms with Gasteiger partial charge in [0.25, 0.3) is 0 Å². The third kappa shape index (κ3) is 3.91. The Morgan fingerprint density at radius 1 is 1.03 bits per heavy atom. The number of anilines is 1. The summed E-state index contributed by atoms with van der Waals surface area (Å²) >= 11 is 6.15. The van der Waals surface area contributed by atoms with Gasteiger partial charge in [-0.3, -0.25) is 9.69 Å². The first kappa shape index (κ1) is 20.0. The third-order valence-corrected chi connectivity index (χ3v) is 6.19. The van der Waals surface area contributed by atoms with Crippen LogP contribution in [0.2, 0.25) is 5.02 Å². The van der Waals surface area contributed by atoms with Gasteiger partial charge in [0, 0.05) is 56.3 Å². The molecule has 0 N–H and O–H groups in total. The summed E-state index contributed by atoms with van der Waals surface area (Å²) in [7, 11) is 3.05. The highest BCUT2D eigenvalue weighted by Crippen LogP contribution is 2.37. The van der Waals surface area contributed by atoms with Gasteiger partial charge in [0.1, 0.15) is 11.5 Å². The van der Waals surface area contributed by atoms with Crippen LogP contribution in [0.4, 0.5) is 10.1 Å². The van der Waals surface area contributed by atoms with Crippen molar-refractivity contribution in [3.05, 3.63) is 52.8 Å². The number of methoxy groups -OCH3 is 2. The molecule has 154 valence electrons. The Morgan fingerprint density at radius 2 is 1.83 bits per heavy atom. The summed E-state index contributed by atoms with van der Waals surface area (Å²) < 4.78 is 24.6. The second kappa shape index (κ2) is 8.20. The molecule has 0 bridgehead atoms. The van der Waals surface area contributed by atoms with E-state index in [-0.39, 0.29) is 23.6 Å². The first-order valence-electron chi connectivity index (χ1n) is 9.69. The lowest BCUT2D eigenvalue weighted by Crippen LogP contribution is -2.57. The Morgan fingerprint density at radius 3 is 2.55 bits per heavy atom. The summed E-state index contributed by atoms with van der Waals surface area (Å²) in [6.45, 7) is 2.33. The number of rotatable bonds is 4. The number of Topliss-reactive ketones (excluding diaryl/α,β-unsaturated/α-hetero) is 1. The van der Waals surface area contributed by atoms with Crippen molar-refractivity contribution in [2.75, 3.05) is 38.8 Å². The van der Waals surface area contributed by atoms with E-state index in [1.807, 2.05) is 24.3 Å². The van der Waals surface area contributed by atoms with E-state index in [1.165, 1.54) is 13.2 Å². The highest BCUT2D eigenvalue weighted by molar-refractivity contribution is 6.32. The van der Waals surface area contributed by atoms with E-state index in [9.17, 15) is 9.18 Å². The zero-order valence-corrected chi connectivity index (χ0v) is 17.3. The average Bonchev–Trinajstić information content (AvgIpc) is 2.73. The van der Waals surface area contributed by atoms with Crippen LogP contribution in [-0.4, -0.2) is 50.6 Å². The number of halogens is 2. The molecule has 4 rings (SSSR count). The minimum atomic E-state index is -0.397. The molecule has 2 aliphatic heterocycles. The molecule has 2 aromatic carbocycles. The highest BCUT2D eigenvalue weighted by Gasteiger charge is 2.39. The molecule has 2 aromatic rings. The standard InChI is InChI=1S/C22H24ClFN2O3/c1-28-21-6-3-14(9-19(21)24)20-12-17(27)10-16-13-25(7-8-26(16)20)15-4-5-18(23)22(11-15)29-2/h3-6,9,11,16,20H,7-8,10,12-13H2,1-2H3/t16-,20?/m1/s1. The molecule has 0 aliphatic carbocycles. The second-order valence-corrected chi connectivity index (χ2v) is 7.92. The van der Waals surface area contributed by atoms with Gasteiger partial charge >= 0.3 is 0 Å². The molecular weight excluding hydrogens is 395 g/mol. The summed E-state index contributed by atoms with van der Waals surface area (Å²) in [5.41, 5.74) is 1.85. The van der Waals surface area contributed by atoms with E-state index in [0.717, 1.165) is 30.9 Å². The molecule has 0 saturated carbocycles. The van der Waals surface area contributed by atoms with Crippen molar-refractivity contribution in [1.29, 1.82) is 0 Å². The molecule has 2 saturated heterocycles. The molecule has 5 nitrogen and oxygen atoms in total. The van der Waals surface area contributed by atoms with E-state index in [4.69, 9.17) is 21.1 Å². The molecular formula is C22H24ClFN2O3. The lowest BCUT2D eigenvalue weighted by molar-refractivity contribution is -0.125. The van der Waals surface area contributed by atoms with Gasteiger partial charge in [-0.05, 0) is 29.8 Å². The predicted molar refractivity (Wildman–Crippen MR) is 111 cm³/mol. The lowest BCUT2D eigenvalue weighted by atomic mass is 9.88. The maximum absolute atomic E-state index is 14.3. The van der Waals surface area contributed by atoms with Crippen LogP contribution in [0, 0.1) is 5.82 Å². The maximum Gasteiger partial charge on any atom is 0.165 e. The number of hydrogen-bond donors (Lipinski definition) is 0. The fraction of sp³-hybridized carbons (Fsp3) is 0.409. The van der Waals surface area contributed by atoms with Crippen LogP contribution in [-0.2, 0) is 4.79 Å². The second-order valence-electron chi connectivity index (χ2n) is 7.51. The first-order valence-corrected chi connectivity index (χ1v) is 10.1. The van der Waals surface area contributed by atoms with Crippen molar-refractivity contribution in [1.82, 2.24) is 4.90 Å². The number of ether oxygens (including phenoxy) is 2. The Kier molecular flexibility index (Phi) is 5.65. The van der Waals surface area contributed by atoms with Gasteiger partial charge < -0.3 is 14.4 Å². The number of hydrogen-bond acceptors (Lipinski definition) is 5. The van der Waals surface area contributed by atoms with Gasteiger partial charge in [0.05, 0.1) is 19.2 Å². The van der Waals surface area contributed by atoms with Crippen LogP contribution in [0.1, 0.15) is 24.4 Å². The van der Waals surface area contributed by atoms with Gasteiger partial charge in [-0.25, -0.2) is 4.39 Å². The third-order valence-electron chi connectivity index (χ3n) is 5.87. The summed E-state index contributed by atoms with van der Waals surface area (Å²) in [6, 6.07) is 10.7. The summed E-state index contributed by atoms with van der Waals surface area (Å²) in [5, 5.41) is 0.573. The average molecular weight is 419 g/mol. The normalized spacial score (nSPS) is 22.3. The highest BCUT2D eigenvalue weighted by atomic mass is 35.5. The number of piperidine rings is 1. The zero-order chi connectivity index (χ0) is 20.5. The Hall–Kier alpha value is -2.31. The quantitative estimate of drug-likeness (QED) is 0.748. The number of nitrogens with zero attached hydrogens (tertiary/aromatic N) is 2. The molecule has 2 atom stereocenters. The van der Waals surface area contributed by atoms with E-state index in [0.29, 0.717) is 23.6 Å². The molecule has 0 radical (unpaired) electrons. The van der Waals surface area contributed by atoms with Crippen molar-refractivity contribution >= 4 is 23.1 Å². The number of fused-ring (bicyclic) bond motifs is 1.